The quantitative estimate of drug-likeness (QED) is 0.900. The van der Waals surface area contributed by atoms with Gasteiger partial charge in [-0.15, -0.1) is 10.2 Å². The van der Waals surface area contributed by atoms with Crippen LogP contribution >= 0.6 is 11.3 Å². The van der Waals surface area contributed by atoms with Gasteiger partial charge in [0.25, 0.3) is 0 Å². The van der Waals surface area contributed by atoms with E-state index in [1.807, 2.05) is 0 Å². The first-order chi connectivity index (χ1) is 9.85. The predicted molar refractivity (Wildman–Crippen MR) is 83.2 cm³/mol. The van der Waals surface area contributed by atoms with E-state index in [0.717, 1.165) is 29.3 Å². The first-order valence-electron chi connectivity index (χ1n) is 7.88. The summed E-state index contributed by atoms with van der Waals surface area (Å²) in [5, 5.41) is 13.8. The third-order valence-electron chi connectivity index (χ3n) is 4.31. The van der Waals surface area contributed by atoms with Crippen LogP contribution in [0.2, 0.25) is 0 Å². The van der Waals surface area contributed by atoms with E-state index in [2.05, 4.69) is 32.2 Å². The number of nitrogens with one attached hydrogen (secondary N) is 1. The van der Waals surface area contributed by atoms with Crippen LogP contribution in [-0.2, 0) is 6.54 Å². The van der Waals surface area contributed by atoms with Crippen LogP contribution in [0.25, 0.3) is 0 Å². The molecule has 1 aromatic heterocycles. The van der Waals surface area contributed by atoms with Crippen molar-refractivity contribution in [2.75, 3.05) is 38.0 Å². The molecule has 112 valence electrons. The Hall–Kier alpha value is -0.720. The van der Waals surface area contributed by atoms with Gasteiger partial charge in [-0.05, 0) is 39.3 Å². The van der Waals surface area contributed by atoms with Crippen LogP contribution in [0.15, 0.2) is 0 Å². The Morgan fingerprint density at radius 2 is 2.05 bits per heavy atom. The summed E-state index contributed by atoms with van der Waals surface area (Å²) in [6, 6.07) is 0.774. The van der Waals surface area contributed by atoms with Gasteiger partial charge in [-0.1, -0.05) is 17.8 Å². The fraction of sp³-hybridized carbons (Fsp3) is 0.857. The zero-order valence-electron chi connectivity index (χ0n) is 12.3. The molecule has 1 atom stereocenters. The van der Waals surface area contributed by atoms with E-state index in [4.69, 9.17) is 0 Å². The molecule has 0 spiro atoms. The molecule has 2 aliphatic heterocycles. The molecule has 0 aliphatic carbocycles. The van der Waals surface area contributed by atoms with E-state index in [0.29, 0.717) is 0 Å². The molecule has 0 aromatic carbocycles. The van der Waals surface area contributed by atoms with Gasteiger partial charge >= 0.3 is 0 Å². The van der Waals surface area contributed by atoms with Crippen molar-refractivity contribution in [3.8, 4) is 0 Å². The van der Waals surface area contributed by atoms with Crippen molar-refractivity contribution in [1.29, 1.82) is 0 Å². The van der Waals surface area contributed by atoms with Crippen LogP contribution in [0.1, 0.15) is 37.6 Å². The van der Waals surface area contributed by atoms with Gasteiger partial charge in [-0.2, -0.15) is 0 Å². The number of anilines is 1. The van der Waals surface area contributed by atoms with E-state index in [-0.39, 0.29) is 0 Å². The Bertz CT molecular complexity index is 415. The highest BCUT2D eigenvalue weighted by molar-refractivity contribution is 7.15. The van der Waals surface area contributed by atoms with Crippen molar-refractivity contribution in [3.05, 3.63) is 5.01 Å². The molecule has 1 unspecified atom stereocenters. The molecule has 0 radical (unpaired) electrons. The highest BCUT2D eigenvalue weighted by Crippen LogP contribution is 2.23. The number of nitrogens with zero attached hydrogens (tertiary/aromatic N) is 4. The Balaban J connectivity index is 1.49. The molecule has 0 saturated carbocycles. The summed E-state index contributed by atoms with van der Waals surface area (Å²) < 4.78 is 0. The second-order valence-electron chi connectivity index (χ2n) is 5.81. The molecule has 20 heavy (non-hydrogen) atoms. The molecule has 2 aliphatic rings. The summed E-state index contributed by atoms with van der Waals surface area (Å²) in [5.41, 5.74) is 0. The fourth-order valence-electron chi connectivity index (χ4n) is 3.27. The Kier molecular flexibility index (Phi) is 4.86. The standard InChI is InChI=1S/C14H25N5S/c1-2-15-14-17-16-13(20-14)11-18-9-6-12(10-18)19-7-4-3-5-8-19/h12H,2-11H2,1H3,(H,15,17). The van der Waals surface area contributed by atoms with Crippen molar-refractivity contribution < 1.29 is 0 Å². The number of piperidine rings is 1. The van der Waals surface area contributed by atoms with Crippen LogP contribution in [0, 0.1) is 0 Å². The minimum atomic E-state index is 0.774. The molecule has 3 heterocycles. The van der Waals surface area contributed by atoms with E-state index in [9.17, 15) is 0 Å². The predicted octanol–water partition coefficient (Wildman–Crippen LogP) is 2.03. The monoisotopic (exact) mass is 295 g/mol. The first-order valence-corrected chi connectivity index (χ1v) is 8.69. The van der Waals surface area contributed by atoms with Gasteiger partial charge in [0.2, 0.25) is 5.13 Å². The van der Waals surface area contributed by atoms with Gasteiger partial charge in [0.15, 0.2) is 0 Å². The van der Waals surface area contributed by atoms with E-state index >= 15 is 0 Å². The second kappa shape index (κ2) is 6.83. The minimum absolute atomic E-state index is 0.774. The zero-order chi connectivity index (χ0) is 13.8. The van der Waals surface area contributed by atoms with Gasteiger partial charge in [-0.3, -0.25) is 9.80 Å². The second-order valence-corrected chi connectivity index (χ2v) is 6.87. The van der Waals surface area contributed by atoms with E-state index in [1.54, 1.807) is 11.3 Å². The van der Waals surface area contributed by atoms with Crippen molar-refractivity contribution in [2.24, 2.45) is 0 Å². The molecule has 1 N–H and O–H groups in total. The van der Waals surface area contributed by atoms with Crippen LogP contribution < -0.4 is 5.32 Å². The van der Waals surface area contributed by atoms with E-state index < -0.39 is 0 Å². The average molecular weight is 295 g/mol. The highest BCUT2D eigenvalue weighted by atomic mass is 32.1. The maximum absolute atomic E-state index is 4.29. The summed E-state index contributed by atoms with van der Waals surface area (Å²) in [5.74, 6) is 0. The number of rotatable bonds is 5. The maximum atomic E-state index is 4.29. The third-order valence-corrected chi connectivity index (χ3v) is 5.17. The molecule has 1 aromatic rings. The summed E-state index contributed by atoms with van der Waals surface area (Å²) >= 11 is 1.69. The molecular formula is C14H25N5S. The molecule has 5 nitrogen and oxygen atoms in total. The molecule has 2 fully saturated rings. The average Bonchev–Trinajstić information content (AvgIpc) is 3.11. The van der Waals surface area contributed by atoms with Gasteiger partial charge in [0.05, 0.1) is 6.54 Å². The normalized spacial score (nSPS) is 25.1. The lowest BCUT2D eigenvalue weighted by Crippen LogP contribution is -2.40. The molecule has 0 bridgehead atoms. The van der Waals surface area contributed by atoms with Crippen molar-refractivity contribution in [3.63, 3.8) is 0 Å². The largest absolute Gasteiger partial charge is 0.360 e. The minimum Gasteiger partial charge on any atom is -0.360 e. The zero-order valence-corrected chi connectivity index (χ0v) is 13.2. The lowest BCUT2D eigenvalue weighted by Gasteiger charge is -2.32. The fourth-order valence-corrected chi connectivity index (χ4v) is 4.12. The molecular weight excluding hydrogens is 270 g/mol. The van der Waals surface area contributed by atoms with Crippen LogP contribution in [0.4, 0.5) is 5.13 Å². The van der Waals surface area contributed by atoms with Crippen LogP contribution in [0.3, 0.4) is 0 Å². The molecule has 3 rings (SSSR count). The van der Waals surface area contributed by atoms with Gasteiger partial charge < -0.3 is 5.32 Å². The first kappa shape index (κ1) is 14.2. The van der Waals surface area contributed by atoms with Crippen molar-refractivity contribution in [1.82, 2.24) is 20.0 Å². The van der Waals surface area contributed by atoms with Gasteiger partial charge in [0, 0.05) is 25.7 Å². The summed E-state index contributed by atoms with van der Waals surface area (Å²) in [4.78, 5) is 5.24. The third kappa shape index (κ3) is 3.48. The molecule has 6 heteroatoms. The molecule has 0 amide bonds. The lowest BCUT2D eigenvalue weighted by molar-refractivity contribution is 0.161. The summed E-state index contributed by atoms with van der Waals surface area (Å²) in [6.45, 7) is 8.99. The van der Waals surface area contributed by atoms with Crippen molar-refractivity contribution >= 4 is 16.5 Å². The Morgan fingerprint density at radius 3 is 2.85 bits per heavy atom. The SMILES string of the molecule is CCNc1nnc(CN2CCC(N3CCCCC3)C2)s1. The topological polar surface area (TPSA) is 44.3 Å². The lowest BCUT2D eigenvalue weighted by atomic mass is 10.1. The van der Waals surface area contributed by atoms with Gasteiger partial charge in [-0.25, -0.2) is 0 Å². The Morgan fingerprint density at radius 1 is 1.20 bits per heavy atom. The van der Waals surface area contributed by atoms with Crippen LogP contribution in [-0.4, -0.2) is 58.8 Å². The number of likely N-dealkylation sites (tertiary alicyclic amines) is 2. The maximum Gasteiger partial charge on any atom is 0.205 e. The molecule has 2 saturated heterocycles. The smallest absolute Gasteiger partial charge is 0.205 e. The van der Waals surface area contributed by atoms with E-state index in [1.165, 1.54) is 51.9 Å². The number of aromatic nitrogens is 2. The highest BCUT2D eigenvalue weighted by Gasteiger charge is 2.28. The summed E-state index contributed by atoms with van der Waals surface area (Å²) in [6.07, 6.45) is 5.52. The Labute approximate surface area is 125 Å². The number of hydrogen-bond acceptors (Lipinski definition) is 6. The number of hydrogen-bond donors (Lipinski definition) is 1. The van der Waals surface area contributed by atoms with Gasteiger partial charge in [0.1, 0.15) is 5.01 Å². The van der Waals surface area contributed by atoms with Crippen LogP contribution in [0.5, 0.6) is 0 Å². The van der Waals surface area contributed by atoms with Crippen molar-refractivity contribution in [2.45, 2.75) is 45.2 Å². The summed E-state index contributed by atoms with van der Waals surface area (Å²) in [7, 11) is 0.